The number of unbranched alkanes of at least 4 members (excludes halogenated alkanes) is 1. The fourth-order valence-electron chi connectivity index (χ4n) is 2.36. The van der Waals surface area contributed by atoms with E-state index in [-0.39, 0.29) is 5.91 Å². The van der Waals surface area contributed by atoms with E-state index >= 15 is 0 Å². The molecule has 3 nitrogen and oxygen atoms in total. The van der Waals surface area contributed by atoms with E-state index in [1.165, 1.54) is 24.2 Å². The highest BCUT2D eigenvalue weighted by molar-refractivity contribution is 7.12. The summed E-state index contributed by atoms with van der Waals surface area (Å²) in [5.41, 5.74) is 0. The molecule has 1 aliphatic rings. The number of carbonyl (C=O) groups excluding carboxylic acids is 1. The molecule has 1 unspecified atom stereocenters. The van der Waals surface area contributed by atoms with Gasteiger partial charge in [-0.15, -0.1) is 11.3 Å². The molecule has 0 spiro atoms. The lowest BCUT2D eigenvalue weighted by Crippen LogP contribution is -2.41. The number of hydrogen-bond acceptors (Lipinski definition) is 3. The van der Waals surface area contributed by atoms with Gasteiger partial charge in [-0.05, 0) is 37.3 Å². The second-order valence-corrected chi connectivity index (χ2v) is 5.82. The van der Waals surface area contributed by atoms with Crippen LogP contribution in [0.25, 0.3) is 0 Å². The number of carbonyl (C=O) groups is 1. The largest absolute Gasteiger partial charge is 0.336 e. The van der Waals surface area contributed by atoms with Gasteiger partial charge in [-0.3, -0.25) is 4.79 Å². The Kier molecular flexibility index (Phi) is 5.20. The van der Waals surface area contributed by atoms with Gasteiger partial charge in [-0.25, -0.2) is 0 Å². The van der Waals surface area contributed by atoms with Crippen LogP contribution in [0.5, 0.6) is 0 Å². The maximum Gasteiger partial charge on any atom is 0.263 e. The van der Waals surface area contributed by atoms with E-state index in [4.69, 9.17) is 0 Å². The molecule has 0 bridgehead atoms. The van der Waals surface area contributed by atoms with Crippen LogP contribution in [-0.2, 0) is 0 Å². The molecule has 1 N–H and O–H groups in total. The first-order chi connectivity index (χ1) is 8.81. The summed E-state index contributed by atoms with van der Waals surface area (Å²) in [4.78, 5) is 15.3. The molecular formula is C14H22N2OS. The summed E-state index contributed by atoms with van der Waals surface area (Å²) >= 11 is 1.54. The summed E-state index contributed by atoms with van der Waals surface area (Å²) in [7, 11) is 0. The maximum absolute atomic E-state index is 12.4. The quantitative estimate of drug-likeness (QED) is 0.858. The molecule has 0 radical (unpaired) electrons. The second kappa shape index (κ2) is 6.90. The van der Waals surface area contributed by atoms with Crippen molar-refractivity contribution in [1.82, 2.24) is 10.2 Å². The van der Waals surface area contributed by atoms with Crippen molar-refractivity contribution < 1.29 is 4.79 Å². The standard InChI is InChI=1S/C14H22N2OS/c1-2-3-9-16(11-12-6-4-8-15-12)14(17)13-7-5-10-18-13/h5,7,10,12,15H,2-4,6,8-9,11H2,1H3. The van der Waals surface area contributed by atoms with Crippen LogP contribution in [0.1, 0.15) is 42.3 Å². The van der Waals surface area contributed by atoms with Crippen molar-refractivity contribution in [2.45, 2.75) is 38.6 Å². The number of hydrogen-bond donors (Lipinski definition) is 1. The van der Waals surface area contributed by atoms with Crippen molar-refractivity contribution >= 4 is 17.2 Å². The first-order valence-electron chi connectivity index (χ1n) is 6.87. The van der Waals surface area contributed by atoms with Crippen LogP contribution in [0, 0.1) is 0 Å². The lowest BCUT2D eigenvalue weighted by Gasteiger charge is -2.25. The highest BCUT2D eigenvalue weighted by atomic mass is 32.1. The summed E-state index contributed by atoms with van der Waals surface area (Å²) in [5.74, 6) is 0.201. The molecule has 1 fully saturated rings. The van der Waals surface area contributed by atoms with Crippen LogP contribution in [0.3, 0.4) is 0 Å². The van der Waals surface area contributed by atoms with E-state index in [1.807, 2.05) is 22.4 Å². The van der Waals surface area contributed by atoms with Crippen molar-refractivity contribution in [2.24, 2.45) is 0 Å². The maximum atomic E-state index is 12.4. The van der Waals surface area contributed by atoms with Crippen LogP contribution in [0.2, 0.25) is 0 Å². The summed E-state index contributed by atoms with van der Waals surface area (Å²) in [6.07, 6.45) is 4.65. The van der Waals surface area contributed by atoms with Crippen molar-refractivity contribution in [3.8, 4) is 0 Å². The van der Waals surface area contributed by atoms with Crippen LogP contribution in [-0.4, -0.2) is 36.5 Å². The lowest BCUT2D eigenvalue weighted by molar-refractivity contribution is 0.0744. The third-order valence-electron chi connectivity index (χ3n) is 3.40. The molecule has 1 aromatic rings. The van der Waals surface area contributed by atoms with Gasteiger partial charge in [-0.1, -0.05) is 19.4 Å². The number of thiophene rings is 1. The van der Waals surface area contributed by atoms with Crippen LogP contribution in [0.15, 0.2) is 17.5 Å². The van der Waals surface area contributed by atoms with Crippen LogP contribution in [0.4, 0.5) is 0 Å². The molecule has 1 saturated heterocycles. The molecule has 1 aliphatic heterocycles. The normalized spacial score (nSPS) is 19.1. The molecule has 2 heterocycles. The van der Waals surface area contributed by atoms with E-state index in [2.05, 4.69) is 12.2 Å². The molecule has 0 saturated carbocycles. The number of nitrogens with one attached hydrogen (secondary N) is 1. The smallest absolute Gasteiger partial charge is 0.263 e. The Balaban J connectivity index is 1.96. The van der Waals surface area contributed by atoms with Crippen molar-refractivity contribution in [1.29, 1.82) is 0 Å². The first-order valence-corrected chi connectivity index (χ1v) is 7.75. The Morgan fingerprint density at radius 1 is 1.61 bits per heavy atom. The van der Waals surface area contributed by atoms with E-state index in [9.17, 15) is 4.79 Å². The average molecular weight is 266 g/mol. The third kappa shape index (κ3) is 3.56. The fourth-order valence-corrected chi connectivity index (χ4v) is 3.05. The van der Waals surface area contributed by atoms with Gasteiger partial charge in [0, 0.05) is 19.1 Å². The minimum atomic E-state index is 0.201. The van der Waals surface area contributed by atoms with Gasteiger partial charge >= 0.3 is 0 Å². The topological polar surface area (TPSA) is 32.3 Å². The Bertz CT molecular complexity index is 358. The minimum Gasteiger partial charge on any atom is -0.336 e. The van der Waals surface area contributed by atoms with Gasteiger partial charge in [0.05, 0.1) is 4.88 Å². The molecule has 4 heteroatoms. The summed E-state index contributed by atoms with van der Waals surface area (Å²) in [6, 6.07) is 4.36. The summed E-state index contributed by atoms with van der Waals surface area (Å²) in [5, 5.41) is 5.44. The first kappa shape index (κ1) is 13.6. The van der Waals surface area contributed by atoms with E-state index < -0.39 is 0 Å². The molecule has 0 aliphatic carbocycles. The van der Waals surface area contributed by atoms with E-state index in [1.54, 1.807) is 0 Å². The minimum absolute atomic E-state index is 0.201. The predicted octanol–water partition coefficient (Wildman–Crippen LogP) is 2.74. The predicted molar refractivity (Wildman–Crippen MR) is 76.2 cm³/mol. The van der Waals surface area contributed by atoms with E-state index in [0.717, 1.165) is 37.4 Å². The SMILES string of the molecule is CCCCN(CC1CCCN1)C(=O)c1cccs1. The molecule has 1 aromatic heterocycles. The average Bonchev–Trinajstić information content (AvgIpc) is 3.06. The Morgan fingerprint density at radius 2 is 2.50 bits per heavy atom. The summed E-state index contributed by atoms with van der Waals surface area (Å²) in [6.45, 7) is 5.00. The highest BCUT2D eigenvalue weighted by Gasteiger charge is 2.22. The molecular weight excluding hydrogens is 244 g/mol. The third-order valence-corrected chi connectivity index (χ3v) is 4.26. The zero-order chi connectivity index (χ0) is 12.8. The van der Waals surface area contributed by atoms with Gasteiger partial charge < -0.3 is 10.2 Å². The van der Waals surface area contributed by atoms with E-state index in [0.29, 0.717) is 6.04 Å². The Morgan fingerprint density at radius 3 is 3.11 bits per heavy atom. The van der Waals surface area contributed by atoms with Crippen molar-refractivity contribution in [3.63, 3.8) is 0 Å². The van der Waals surface area contributed by atoms with Crippen LogP contribution < -0.4 is 5.32 Å². The highest BCUT2D eigenvalue weighted by Crippen LogP contribution is 2.15. The Labute approximate surface area is 113 Å². The van der Waals surface area contributed by atoms with Gasteiger partial charge in [0.15, 0.2) is 0 Å². The van der Waals surface area contributed by atoms with Gasteiger partial charge in [0.1, 0.15) is 0 Å². The monoisotopic (exact) mass is 266 g/mol. The van der Waals surface area contributed by atoms with Gasteiger partial charge in [-0.2, -0.15) is 0 Å². The Hall–Kier alpha value is -0.870. The van der Waals surface area contributed by atoms with Gasteiger partial charge in [0.25, 0.3) is 5.91 Å². The zero-order valence-corrected chi connectivity index (χ0v) is 11.8. The van der Waals surface area contributed by atoms with Gasteiger partial charge in [0.2, 0.25) is 0 Å². The molecule has 1 amide bonds. The second-order valence-electron chi connectivity index (χ2n) is 4.88. The lowest BCUT2D eigenvalue weighted by atomic mass is 10.2. The molecule has 1 atom stereocenters. The van der Waals surface area contributed by atoms with Crippen molar-refractivity contribution in [3.05, 3.63) is 22.4 Å². The molecule has 2 rings (SSSR count). The van der Waals surface area contributed by atoms with Crippen molar-refractivity contribution in [2.75, 3.05) is 19.6 Å². The molecule has 100 valence electrons. The number of amides is 1. The molecule has 0 aromatic carbocycles. The fraction of sp³-hybridized carbons (Fsp3) is 0.643. The van der Waals surface area contributed by atoms with Crippen LogP contribution >= 0.6 is 11.3 Å². The zero-order valence-electron chi connectivity index (χ0n) is 11.0. The number of nitrogens with zero attached hydrogens (tertiary/aromatic N) is 1. The molecule has 18 heavy (non-hydrogen) atoms. The number of rotatable bonds is 6. The summed E-state index contributed by atoms with van der Waals surface area (Å²) < 4.78 is 0.